The molecule has 1 aromatic rings. The molecule has 0 aromatic heterocycles. The number of aliphatic hydroxyl groups excluding tert-OH is 1. The first-order valence-electron chi connectivity index (χ1n) is 5.17. The topological polar surface area (TPSA) is 66.4 Å². The second-order valence-corrected chi connectivity index (χ2v) is 5.71. The van der Waals surface area contributed by atoms with Crippen molar-refractivity contribution in [2.75, 3.05) is 25.4 Å². The Bertz CT molecular complexity index is 411. The highest BCUT2D eigenvalue weighted by Crippen LogP contribution is 2.11. The summed E-state index contributed by atoms with van der Waals surface area (Å²) >= 11 is 0. The minimum absolute atomic E-state index is 0.0184. The fourth-order valence-electron chi connectivity index (χ4n) is 1.27. The molecule has 0 heterocycles. The molecule has 0 unspecified atom stereocenters. The molecule has 0 aliphatic carbocycles. The Balaban J connectivity index is 2.60. The molecule has 0 atom stereocenters. The molecule has 5 heteroatoms. The van der Waals surface area contributed by atoms with Gasteiger partial charge in [-0.3, -0.25) is 0 Å². The number of aryl methyl sites for hydroxylation is 1. The molecule has 4 nitrogen and oxygen atoms in total. The average molecular weight is 243 g/mol. The Morgan fingerprint density at radius 2 is 1.81 bits per heavy atom. The summed E-state index contributed by atoms with van der Waals surface area (Å²) < 4.78 is 23.6. The molecule has 0 bridgehead atoms. The molecule has 1 rings (SSSR count). The van der Waals surface area contributed by atoms with Crippen LogP contribution in [0.4, 0.5) is 0 Å². The molecule has 0 radical (unpaired) electrons. The second-order valence-electron chi connectivity index (χ2n) is 3.61. The van der Waals surface area contributed by atoms with E-state index in [1.54, 1.807) is 24.3 Å². The Kier molecular flexibility index (Phi) is 4.92. The van der Waals surface area contributed by atoms with Crippen LogP contribution in [0.25, 0.3) is 0 Å². The highest BCUT2D eigenvalue weighted by Gasteiger charge is 2.12. The monoisotopic (exact) mass is 243 g/mol. The van der Waals surface area contributed by atoms with Gasteiger partial charge in [0, 0.05) is 13.1 Å². The number of aliphatic hydroxyl groups is 1. The number of rotatable bonds is 6. The average Bonchev–Trinajstić information content (AvgIpc) is 2.25. The van der Waals surface area contributed by atoms with Crippen molar-refractivity contribution in [3.8, 4) is 0 Å². The predicted octanol–water partition coefficient (Wildman–Crippen LogP) is 0.351. The van der Waals surface area contributed by atoms with Crippen LogP contribution in [0.1, 0.15) is 5.56 Å². The maximum absolute atomic E-state index is 11.8. The molecule has 0 fully saturated rings. The van der Waals surface area contributed by atoms with Crippen molar-refractivity contribution in [1.82, 2.24) is 5.32 Å². The van der Waals surface area contributed by atoms with E-state index in [4.69, 9.17) is 5.11 Å². The Labute approximate surface area is 96.2 Å². The van der Waals surface area contributed by atoms with Crippen LogP contribution < -0.4 is 5.32 Å². The lowest BCUT2D eigenvalue weighted by atomic mass is 10.2. The fourth-order valence-corrected chi connectivity index (χ4v) is 2.47. The minimum Gasteiger partial charge on any atom is -0.395 e. The van der Waals surface area contributed by atoms with Crippen molar-refractivity contribution in [2.45, 2.75) is 11.8 Å². The minimum atomic E-state index is -3.20. The van der Waals surface area contributed by atoms with Crippen LogP contribution in [0.5, 0.6) is 0 Å². The van der Waals surface area contributed by atoms with Crippen molar-refractivity contribution >= 4 is 9.84 Å². The van der Waals surface area contributed by atoms with Crippen LogP contribution in [-0.2, 0) is 9.84 Å². The summed E-state index contributed by atoms with van der Waals surface area (Å²) in [5.41, 5.74) is 1.04. The highest BCUT2D eigenvalue weighted by molar-refractivity contribution is 7.91. The van der Waals surface area contributed by atoms with E-state index in [2.05, 4.69) is 5.32 Å². The smallest absolute Gasteiger partial charge is 0.179 e. The predicted molar refractivity (Wildman–Crippen MR) is 63.2 cm³/mol. The third-order valence-electron chi connectivity index (χ3n) is 2.22. The van der Waals surface area contributed by atoms with E-state index in [1.165, 1.54) is 0 Å². The second kappa shape index (κ2) is 5.98. The number of sulfone groups is 1. The van der Waals surface area contributed by atoms with Crippen molar-refractivity contribution in [1.29, 1.82) is 0 Å². The van der Waals surface area contributed by atoms with Gasteiger partial charge in [0.1, 0.15) is 0 Å². The molecule has 0 saturated heterocycles. The third-order valence-corrected chi connectivity index (χ3v) is 3.95. The molecule has 2 N–H and O–H groups in total. The maximum atomic E-state index is 11.8. The van der Waals surface area contributed by atoms with E-state index >= 15 is 0 Å². The third kappa shape index (κ3) is 3.92. The number of hydrogen-bond donors (Lipinski definition) is 2. The first-order valence-corrected chi connectivity index (χ1v) is 6.82. The van der Waals surface area contributed by atoms with Crippen molar-refractivity contribution in [3.05, 3.63) is 29.8 Å². The van der Waals surface area contributed by atoms with E-state index in [9.17, 15) is 8.42 Å². The van der Waals surface area contributed by atoms with E-state index in [-0.39, 0.29) is 12.4 Å². The molecule has 16 heavy (non-hydrogen) atoms. The molecular formula is C11H17NO3S. The first kappa shape index (κ1) is 13.2. The van der Waals surface area contributed by atoms with Gasteiger partial charge in [-0.05, 0) is 19.1 Å². The Morgan fingerprint density at radius 1 is 1.19 bits per heavy atom. The summed E-state index contributed by atoms with van der Waals surface area (Å²) in [5.74, 6) is 0.0516. The summed E-state index contributed by atoms with van der Waals surface area (Å²) in [6.45, 7) is 2.71. The van der Waals surface area contributed by atoms with Gasteiger partial charge in [-0.25, -0.2) is 8.42 Å². The Morgan fingerprint density at radius 3 is 2.38 bits per heavy atom. The lowest BCUT2D eigenvalue weighted by Crippen LogP contribution is -2.25. The van der Waals surface area contributed by atoms with Crippen LogP contribution in [0.3, 0.4) is 0 Å². The van der Waals surface area contributed by atoms with Gasteiger partial charge in [0.2, 0.25) is 0 Å². The van der Waals surface area contributed by atoms with Crippen LogP contribution in [0.2, 0.25) is 0 Å². The highest BCUT2D eigenvalue weighted by atomic mass is 32.2. The van der Waals surface area contributed by atoms with Gasteiger partial charge in [0.05, 0.1) is 17.3 Å². The van der Waals surface area contributed by atoms with Gasteiger partial charge in [0.15, 0.2) is 9.84 Å². The summed E-state index contributed by atoms with van der Waals surface area (Å²) in [5, 5.41) is 11.4. The van der Waals surface area contributed by atoms with Gasteiger partial charge < -0.3 is 10.4 Å². The summed E-state index contributed by atoms with van der Waals surface area (Å²) in [4.78, 5) is 0.351. The van der Waals surface area contributed by atoms with E-state index in [0.29, 0.717) is 18.0 Å². The van der Waals surface area contributed by atoms with E-state index in [1.807, 2.05) is 6.92 Å². The van der Waals surface area contributed by atoms with Crippen molar-refractivity contribution in [2.24, 2.45) is 0 Å². The van der Waals surface area contributed by atoms with Gasteiger partial charge in [-0.15, -0.1) is 0 Å². The SMILES string of the molecule is Cc1ccc(S(=O)(=O)CCNCCO)cc1. The molecular weight excluding hydrogens is 226 g/mol. The zero-order valence-corrected chi connectivity index (χ0v) is 10.1. The first-order chi connectivity index (χ1) is 7.56. The van der Waals surface area contributed by atoms with Gasteiger partial charge >= 0.3 is 0 Å². The normalized spacial score (nSPS) is 11.6. The van der Waals surface area contributed by atoms with E-state index in [0.717, 1.165) is 5.56 Å². The molecule has 90 valence electrons. The summed E-state index contributed by atoms with van der Waals surface area (Å²) in [7, 11) is -3.20. The maximum Gasteiger partial charge on any atom is 0.179 e. The summed E-state index contributed by atoms with van der Waals surface area (Å²) in [6, 6.07) is 6.81. The standard InChI is InChI=1S/C11H17NO3S/c1-10-2-4-11(5-3-10)16(14,15)9-7-12-6-8-13/h2-5,12-13H,6-9H2,1H3. The quantitative estimate of drug-likeness (QED) is 0.708. The largest absolute Gasteiger partial charge is 0.395 e. The molecule has 1 aromatic carbocycles. The van der Waals surface area contributed by atoms with Crippen LogP contribution in [0, 0.1) is 6.92 Å². The molecule has 0 aliphatic heterocycles. The van der Waals surface area contributed by atoms with Crippen LogP contribution in [0.15, 0.2) is 29.2 Å². The lowest BCUT2D eigenvalue weighted by molar-refractivity contribution is 0.293. The molecule has 0 saturated carbocycles. The lowest BCUT2D eigenvalue weighted by Gasteiger charge is -2.05. The van der Waals surface area contributed by atoms with Crippen LogP contribution in [-0.4, -0.2) is 39.0 Å². The number of nitrogens with one attached hydrogen (secondary N) is 1. The number of hydrogen-bond acceptors (Lipinski definition) is 4. The molecule has 0 amide bonds. The molecule has 0 aliphatic rings. The van der Waals surface area contributed by atoms with Gasteiger partial charge in [0.25, 0.3) is 0 Å². The number of benzene rings is 1. The Hall–Kier alpha value is -0.910. The summed E-state index contributed by atoms with van der Waals surface area (Å²) in [6.07, 6.45) is 0. The zero-order valence-electron chi connectivity index (χ0n) is 9.31. The van der Waals surface area contributed by atoms with E-state index < -0.39 is 9.84 Å². The van der Waals surface area contributed by atoms with Gasteiger partial charge in [-0.2, -0.15) is 0 Å². The van der Waals surface area contributed by atoms with Crippen molar-refractivity contribution < 1.29 is 13.5 Å². The molecule has 0 spiro atoms. The van der Waals surface area contributed by atoms with Crippen LogP contribution >= 0.6 is 0 Å². The zero-order chi connectivity index (χ0) is 12.0. The van der Waals surface area contributed by atoms with Gasteiger partial charge in [-0.1, -0.05) is 17.7 Å². The van der Waals surface area contributed by atoms with Crippen molar-refractivity contribution in [3.63, 3.8) is 0 Å². The fraction of sp³-hybridized carbons (Fsp3) is 0.455.